The molecule has 0 spiro atoms. The van der Waals surface area contributed by atoms with E-state index in [9.17, 15) is 4.79 Å². The summed E-state index contributed by atoms with van der Waals surface area (Å²) in [5, 5.41) is 15.2. The quantitative estimate of drug-likeness (QED) is 0.420. The van der Waals surface area contributed by atoms with Crippen molar-refractivity contribution in [2.24, 2.45) is 0 Å². The van der Waals surface area contributed by atoms with Crippen LogP contribution in [0.2, 0.25) is 0 Å². The van der Waals surface area contributed by atoms with Gasteiger partial charge in [-0.2, -0.15) is 5.26 Å². The normalized spacial score (nSPS) is 13.3. The first-order valence-electron chi connectivity index (χ1n) is 10.2. The van der Waals surface area contributed by atoms with Crippen LogP contribution >= 0.6 is 11.8 Å². The zero-order chi connectivity index (χ0) is 22.2. The van der Waals surface area contributed by atoms with Crippen LogP contribution in [0.25, 0.3) is 0 Å². The molecule has 4 rings (SSSR count). The molecule has 162 valence electrons. The van der Waals surface area contributed by atoms with E-state index in [2.05, 4.69) is 37.6 Å². The highest BCUT2D eigenvalue weighted by molar-refractivity contribution is 7.99. The molecule has 1 aromatic heterocycles. The third kappa shape index (κ3) is 5.75. The fourth-order valence-electron chi connectivity index (χ4n) is 3.21. The molecule has 1 amide bonds. The van der Waals surface area contributed by atoms with Crippen LogP contribution in [-0.2, 0) is 4.74 Å². The number of carbonyl (C=O) groups is 1. The monoisotopic (exact) mass is 446 g/mol. The standard InChI is InChI=1S/C23H22N6O2S/c24-9-11-25-22(30)17-2-1-3-20(16-17)32-21-8-10-26-23(28-21)27-18-4-6-19(7-5-18)29-12-14-31-15-13-29/h1-8,10,16H,11-15H2,(H,25,30)(H,26,27,28). The molecule has 1 fully saturated rings. The predicted molar refractivity (Wildman–Crippen MR) is 123 cm³/mol. The Hall–Kier alpha value is -3.61. The summed E-state index contributed by atoms with van der Waals surface area (Å²) in [6, 6.07) is 19.1. The van der Waals surface area contributed by atoms with Crippen molar-refractivity contribution < 1.29 is 9.53 Å². The summed E-state index contributed by atoms with van der Waals surface area (Å²) >= 11 is 1.43. The van der Waals surface area contributed by atoms with Gasteiger partial charge >= 0.3 is 0 Å². The molecule has 0 saturated carbocycles. The third-order valence-electron chi connectivity index (χ3n) is 4.78. The number of hydrogen-bond donors (Lipinski definition) is 2. The van der Waals surface area contributed by atoms with E-state index in [0.717, 1.165) is 41.9 Å². The SMILES string of the molecule is N#CCNC(=O)c1cccc(Sc2ccnc(Nc3ccc(N4CCOCC4)cc3)n2)c1. The molecule has 32 heavy (non-hydrogen) atoms. The minimum atomic E-state index is -0.278. The molecule has 1 aliphatic rings. The van der Waals surface area contributed by atoms with Gasteiger partial charge in [0.05, 0.1) is 19.3 Å². The van der Waals surface area contributed by atoms with E-state index < -0.39 is 0 Å². The lowest BCUT2D eigenvalue weighted by atomic mass is 10.2. The van der Waals surface area contributed by atoms with Crippen LogP contribution < -0.4 is 15.5 Å². The first-order valence-corrected chi connectivity index (χ1v) is 11.0. The second-order valence-electron chi connectivity index (χ2n) is 6.96. The Bertz CT molecular complexity index is 1110. The van der Waals surface area contributed by atoms with E-state index in [0.29, 0.717) is 11.5 Å². The lowest BCUT2D eigenvalue weighted by Gasteiger charge is -2.28. The van der Waals surface area contributed by atoms with Crippen LogP contribution in [0.5, 0.6) is 0 Å². The predicted octanol–water partition coefficient (Wildman–Crippen LogP) is 3.46. The fraction of sp³-hybridized carbons (Fsp3) is 0.217. The molecule has 9 heteroatoms. The Morgan fingerprint density at radius 2 is 1.97 bits per heavy atom. The second kappa shape index (κ2) is 10.6. The van der Waals surface area contributed by atoms with E-state index in [-0.39, 0.29) is 12.5 Å². The van der Waals surface area contributed by atoms with Gasteiger partial charge in [0.1, 0.15) is 11.6 Å². The van der Waals surface area contributed by atoms with Crippen molar-refractivity contribution in [2.45, 2.75) is 9.92 Å². The van der Waals surface area contributed by atoms with Crippen LogP contribution in [0, 0.1) is 11.3 Å². The van der Waals surface area contributed by atoms with Crippen LogP contribution in [-0.4, -0.2) is 48.7 Å². The number of nitriles is 1. The molecule has 2 N–H and O–H groups in total. The average Bonchev–Trinajstić information content (AvgIpc) is 2.84. The maximum Gasteiger partial charge on any atom is 0.252 e. The second-order valence-corrected chi connectivity index (χ2v) is 8.05. The number of rotatable bonds is 7. The summed E-state index contributed by atoms with van der Waals surface area (Å²) in [7, 11) is 0. The van der Waals surface area contributed by atoms with Gasteiger partial charge in [0.25, 0.3) is 5.91 Å². The van der Waals surface area contributed by atoms with E-state index in [4.69, 9.17) is 10.00 Å². The van der Waals surface area contributed by atoms with Crippen LogP contribution in [0.4, 0.5) is 17.3 Å². The zero-order valence-corrected chi connectivity index (χ0v) is 18.1. The number of ether oxygens (including phenoxy) is 1. The molecular formula is C23H22N6O2S. The Labute approximate surface area is 190 Å². The minimum Gasteiger partial charge on any atom is -0.378 e. The summed E-state index contributed by atoms with van der Waals surface area (Å²) in [5.74, 6) is 0.219. The number of aromatic nitrogens is 2. The van der Waals surface area contributed by atoms with Gasteiger partial charge < -0.3 is 20.3 Å². The molecule has 2 heterocycles. The van der Waals surface area contributed by atoms with Crippen LogP contribution in [0.3, 0.4) is 0 Å². The van der Waals surface area contributed by atoms with Crippen molar-refractivity contribution >= 4 is 35.0 Å². The van der Waals surface area contributed by atoms with Gasteiger partial charge in [0, 0.05) is 41.1 Å². The summed E-state index contributed by atoms with van der Waals surface area (Å²) in [5.41, 5.74) is 2.57. The number of amides is 1. The first kappa shape index (κ1) is 21.6. The van der Waals surface area contributed by atoms with Crippen molar-refractivity contribution in [1.29, 1.82) is 5.26 Å². The molecular weight excluding hydrogens is 424 g/mol. The maximum absolute atomic E-state index is 12.1. The maximum atomic E-state index is 12.1. The van der Waals surface area contributed by atoms with Crippen molar-refractivity contribution in [3.8, 4) is 6.07 Å². The highest BCUT2D eigenvalue weighted by atomic mass is 32.2. The highest BCUT2D eigenvalue weighted by Crippen LogP contribution is 2.28. The van der Waals surface area contributed by atoms with Gasteiger partial charge in [-0.15, -0.1) is 0 Å². The zero-order valence-electron chi connectivity index (χ0n) is 17.3. The van der Waals surface area contributed by atoms with E-state index in [1.807, 2.05) is 30.3 Å². The third-order valence-corrected chi connectivity index (χ3v) is 5.70. The van der Waals surface area contributed by atoms with Crippen molar-refractivity contribution in [3.63, 3.8) is 0 Å². The number of benzene rings is 2. The molecule has 2 aromatic carbocycles. The Kier molecular flexibility index (Phi) is 7.17. The summed E-state index contributed by atoms with van der Waals surface area (Å²) < 4.78 is 5.41. The topological polar surface area (TPSA) is 103 Å². The minimum absolute atomic E-state index is 0.0232. The molecule has 1 aliphatic heterocycles. The molecule has 3 aromatic rings. The number of hydrogen-bond acceptors (Lipinski definition) is 8. The lowest BCUT2D eigenvalue weighted by molar-refractivity contribution is 0.0958. The lowest BCUT2D eigenvalue weighted by Crippen LogP contribution is -2.36. The van der Waals surface area contributed by atoms with Gasteiger partial charge in [0.2, 0.25) is 5.95 Å². The van der Waals surface area contributed by atoms with Gasteiger partial charge in [-0.25, -0.2) is 9.97 Å². The molecule has 1 saturated heterocycles. The summed E-state index contributed by atoms with van der Waals surface area (Å²) in [6.07, 6.45) is 1.70. The molecule has 0 unspecified atom stereocenters. The Morgan fingerprint density at radius 3 is 2.75 bits per heavy atom. The number of nitrogens with zero attached hydrogens (tertiary/aromatic N) is 4. The van der Waals surface area contributed by atoms with Gasteiger partial charge in [-0.05, 0) is 48.5 Å². The van der Waals surface area contributed by atoms with Crippen molar-refractivity contribution in [2.75, 3.05) is 43.1 Å². The first-order chi connectivity index (χ1) is 15.7. The average molecular weight is 447 g/mol. The van der Waals surface area contributed by atoms with Gasteiger partial charge in [0.15, 0.2) is 0 Å². The number of nitrogens with one attached hydrogen (secondary N) is 2. The van der Waals surface area contributed by atoms with Gasteiger partial charge in [-0.1, -0.05) is 17.8 Å². The van der Waals surface area contributed by atoms with E-state index in [1.165, 1.54) is 17.4 Å². The summed E-state index contributed by atoms with van der Waals surface area (Å²) in [6.45, 7) is 3.29. The van der Waals surface area contributed by atoms with Crippen LogP contribution in [0.1, 0.15) is 10.4 Å². The van der Waals surface area contributed by atoms with Gasteiger partial charge in [-0.3, -0.25) is 4.79 Å². The molecule has 8 nitrogen and oxygen atoms in total. The molecule has 0 radical (unpaired) electrons. The van der Waals surface area contributed by atoms with E-state index in [1.54, 1.807) is 24.4 Å². The van der Waals surface area contributed by atoms with E-state index >= 15 is 0 Å². The van der Waals surface area contributed by atoms with Crippen molar-refractivity contribution in [3.05, 3.63) is 66.4 Å². The molecule has 0 aliphatic carbocycles. The smallest absolute Gasteiger partial charge is 0.252 e. The van der Waals surface area contributed by atoms with Crippen LogP contribution in [0.15, 0.2) is 70.7 Å². The Balaban J connectivity index is 1.40. The van der Waals surface area contributed by atoms with Crippen molar-refractivity contribution in [1.82, 2.24) is 15.3 Å². The summed E-state index contributed by atoms with van der Waals surface area (Å²) in [4.78, 5) is 24.1. The number of carbonyl (C=O) groups excluding carboxylic acids is 1. The largest absolute Gasteiger partial charge is 0.378 e. The number of morpholine rings is 1. The Morgan fingerprint density at radius 1 is 1.16 bits per heavy atom. The fourth-order valence-corrected chi connectivity index (χ4v) is 4.04. The number of anilines is 3. The highest BCUT2D eigenvalue weighted by Gasteiger charge is 2.11. The molecule has 0 bridgehead atoms. The molecule has 0 atom stereocenters.